The monoisotopic (exact) mass is 201 g/mol. The Morgan fingerprint density at radius 3 is 2.64 bits per heavy atom. The molecule has 0 aliphatic carbocycles. The van der Waals surface area contributed by atoms with Crippen molar-refractivity contribution in [1.29, 1.82) is 0 Å². The average molecular weight is 201 g/mol. The lowest BCUT2D eigenvalue weighted by Crippen LogP contribution is -2.51. The largest absolute Gasteiger partial charge is 0.352 e. The molecular weight excluding hydrogens is 178 g/mol. The summed E-state index contributed by atoms with van der Waals surface area (Å²) in [6, 6.07) is 0. The molecule has 1 atom stereocenters. The van der Waals surface area contributed by atoms with Crippen molar-refractivity contribution in [3.05, 3.63) is 0 Å². The standard InChI is InChI=1S/C11H23NO2/c1-5-7-12-8-11(3,4)10(13-6-2)14-9-12/h10H,5-9H2,1-4H3/t10-/m0/s1. The van der Waals surface area contributed by atoms with Crippen molar-refractivity contribution in [3.63, 3.8) is 0 Å². The molecule has 0 bridgehead atoms. The Kier molecular flexibility index (Phi) is 4.35. The molecule has 0 amide bonds. The second kappa shape index (κ2) is 5.10. The minimum Gasteiger partial charge on any atom is -0.352 e. The Labute approximate surface area is 87.4 Å². The lowest BCUT2D eigenvalue weighted by molar-refractivity contribution is -0.252. The maximum absolute atomic E-state index is 5.70. The smallest absolute Gasteiger partial charge is 0.165 e. The van der Waals surface area contributed by atoms with E-state index in [4.69, 9.17) is 9.47 Å². The molecule has 0 unspecified atom stereocenters. The van der Waals surface area contributed by atoms with Crippen molar-refractivity contribution in [2.75, 3.05) is 26.4 Å². The summed E-state index contributed by atoms with van der Waals surface area (Å²) in [6.07, 6.45) is 1.14. The quantitative estimate of drug-likeness (QED) is 0.695. The van der Waals surface area contributed by atoms with Crippen LogP contribution in [0.2, 0.25) is 0 Å². The van der Waals surface area contributed by atoms with E-state index in [2.05, 4.69) is 25.7 Å². The van der Waals surface area contributed by atoms with E-state index < -0.39 is 0 Å². The van der Waals surface area contributed by atoms with Crippen LogP contribution in [0.25, 0.3) is 0 Å². The first-order valence-corrected chi connectivity index (χ1v) is 5.55. The molecule has 1 aliphatic heterocycles. The highest BCUT2D eigenvalue weighted by Gasteiger charge is 2.37. The van der Waals surface area contributed by atoms with Crippen LogP contribution in [0.4, 0.5) is 0 Å². The van der Waals surface area contributed by atoms with E-state index in [1.807, 2.05) is 6.92 Å². The molecule has 1 fully saturated rings. The van der Waals surface area contributed by atoms with E-state index in [-0.39, 0.29) is 11.7 Å². The summed E-state index contributed by atoms with van der Waals surface area (Å²) in [5.41, 5.74) is 0.101. The molecule has 1 aliphatic rings. The molecule has 0 spiro atoms. The van der Waals surface area contributed by atoms with Gasteiger partial charge in [-0.2, -0.15) is 0 Å². The Bertz CT molecular complexity index is 171. The molecule has 3 heteroatoms. The van der Waals surface area contributed by atoms with E-state index in [1.165, 1.54) is 6.42 Å². The number of hydrogen-bond acceptors (Lipinski definition) is 3. The van der Waals surface area contributed by atoms with Gasteiger partial charge in [-0.25, -0.2) is 0 Å². The number of nitrogens with zero attached hydrogens (tertiary/aromatic N) is 1. The van der Waals surface area contributed by atoms with E-state index >= 15 is 0 Å². The van der Waals surface area contributed by atoms with Crippen LogP contribution in [0.5, 0.6) is 0 Å². The third-order valence-electron chi connectivity index (χ3n) is 2.54. The molecule has 0 N–H and O–H groups in total. The van der Waals surface area contributed by atoms with Gasteiger partial charge in [0.05, 0.1) is 0 Å². The second-order valence-corrected chi connectivity index (χ2v) is 4.62. The fourth-order valence-corrected chi connectivity index (χ4v) is 1.98. The summed E-state index contributed by atoms with van der Waals surface area (Å²) in [5, 5.41) is 0. The Hall–Kier alpha value is -0.120. The molecule has 0 aromatic heterocycles. The van der Waals surface area contributed by atoms with Crippen molar-refractivity contribution in [1.82, 2.24) is 4.90 Å². The van der Waals surface area contributed by atoms with Crippen LogP contribution in [0, 0.1) is 5.41 Å². The zero-order valence-corrected chi connectivity index (χ0v) is 9.88. The zero-order chi connectivity index (χ0) is 10.6. The van der Waals surface area contributed by atoms with Gasteiger partial charge >= 0.3 is 0 Å². The molecule has 1 saturated heterocycles. The van der Waals surface area contributed by atoms with Crippen molar-refractivity contribution in [2.45, 2.75) is 40.4 Å². The maximum Gasteiger partial charge on any atom is 0.165 e. The lowest BCUT2D eigenvalue weighted by atomic mass is 9.90. The molecule has 3 nitrogen and oxygen atoms in total. The van der Waals surface area contributed by atoms with Gasteiger partial charge in [-0.3, -0.25) is 4.90 Å². The normalized spacial score (nSPS) is 27.9. The minimum atomic E-state index is -0.0411. The number of rotatable bonds is 4. The van der Waals surface area contributed by atoms with Gasteiger partial charge in [-0.05, 0) is 13.3 Å². The first kappa shape index (κ1) is 12.0. The van der Waals surface area contributed by atoms with E-state index in [0.29, 0.717) is 6.73 Å². The van der Waals surface area contributed by atoms with Crippen molar-refractivity contribution in [2.24, 2.45) is 5.41 Å². The van der Waals surface area contributed by atoms with Crippen molar-refractivity contribution in [3.8, 4) is 0 Å². The van der Waals surface area contributed by atoms with Crippen LogP contribution in [-0.2, 0) is 9.47 Å². The molecule has 0 radical (unpaired) electrons. The summed E-state index contributed by atoms with van der Waals surface area (Å²) < 4.78 is 11.3. The van der Waals surface area contributed by atoms with Crippen LogP contribution in [0.3, 0.4) is 0 Å². The molecule has 1 heterocycles. The van der Waals surface area contributed by atoms with Crippen LogP contribution < -0.4 is 0 Å². The van der Waals surface area contributed by atoms with Crippen LogP contribution in [-0.4, -0.2) is 37.6 Å². The molecule has 0 aromatic rings. The Balaban J connectivity index is 2.47. The topological polar surface area (TPSA) is 21.7 Å². The third-order valence-corrected chi connectivity index (χ3v) is 2.54. The predicted molar refractivity (Wildman–Crippen MR) is 57.0 cm³/mol. The van der Waals surface area contributed by atoms with Gasteiger partial charge in [0.15, 0.2) is 6.29 Å². The number of hydrogen-bond donors (Lipinski definition) is 0. The van der Waals surface area contributed by atoms with Crippen molar-refractivity contribution < 1.29 is 9.47 Å². The van der Waals surface area contributed by atoms with Gasteiger partial charge in [0.1, 0.15) is 6.73 Å². The molecule has 14 heavy (non-hydrogen) atoms. The van der Waals surface area contributed by atoms with Crippen LogP contribution in [0.1, 0.15) is 34.1 Å². The van der Waals surface area contributed by atoms with Gasteiger partial charge in [0, 0.05) is 25.1 Å². The third kappa shape index (κ3) is 2.94. The fraction of sp³-hybridized carbons (Fsp3) is 1.00. The van der Waals surface area contributed by atoms with Gasteiger partial charge in [-0.1, -0.05) is 20.8 Å². The van der Waals surface area contributed by atoms with E-state index in [1.54, 1.807) is 0 Å². The van der Waals surface area contributed by atoms with E-state index in [0.717, 1.165) is 19.7 Å². The first-order chi connectivity index (χ1) is 6.60. The van der Waals surface area contributed by atoms with Crippen molar-refractivity contribution >= 4 is 0 Å². The second-order valence-electron chi connectivity index (χ2n) is 4.62. The van der Waals surface area contributed by atoms with Crippen LogP contribution >= 0.6 is 0 Å². The fourth-order valence-electron chi connectivity index (χ4n) is 1.98. The molecule has 1 rings (SSSR count). The van der Waals surface area contributed by atoms with Gasteiger partial charge in [0.25, 0.3) is 0 Å². The summed E-state index contributed by atoms with van der Waals surface area (Å²) in [4.78, 5) is 2.34. The maximum atomic E-state index is 5.70. The molecule has 0 aromatic carbocycles. The SMILES string of the molecule is CCCN1CO[C@H](OCC)C(C)(C)C1. The summed E-state index contributed by atoms with van der Waals surface area (Å²) in [5.74, 6) is 0. The Morgan fingerprint density at radius 1 is 1.43 bits per heavy atom. The highest BCUT2D eigenvalue weighted by atomic mass is 16.7. The lowest BCUT2D eigenvalue weighted by Gasteiger charge is -2.43. The summed E-state index contributed by atoms with van der Waals surface area (Å²) >= 11 is 0. The minimum absolute atomic E-state index is 0.0411. The number of ether oxygens (including phenoxy) is 2. The van der Waals surface area contributed by atoms with Gasteiger partial charge < -0.3 is 9.47 Å². The predicted octanol–water partition coefficient (Wildman–Crippen LogP) is 2.07. The van der Waals surface area contributed by atoms with Crippen LogP contribution in [0.15, 0.2) is 0 Å². The average Bonchev–Trinajstić information content (AvgIpc) is 2.10. The van der Waals surface area contributed by atoms with E-state index in [9.17, 15) is 0 Å². The molecule has 84 valence electrons. The zero-order valence-electron chi connectivity index (χ0n) is 9.88. The van der Waals surface area contributed by atoms with Gasteiger partial charge in [0.2, 0.25) is 0 Å². The van der Waals surface area contributed by atoms with Gasteiger partial charge in [-0.15, -0.1) is 0 Å². The highest BCUT2D eigenvalue weighted by Crippen LogP contribution is 2.29. The summed E-state index contributed by atoms with van der Waals surface area (Å²) in [6.45, 7) is 12.2. The summed E-state index contributed by atoms with van der Waals surface area (Å²) in [7, 11) is 0. The molecule has 0 saturated carbocycles. The molecular formula is C11H23NO2. The Morgan fingerprint density at radius 2 is 2.14 bits per heavy atom. The highest BCUT2D eigenvalue weighted by molar-refractivity contribution is 4.80. The first-order valence-electron chi connectivity index (χ1n) is 5.55.